The van der Waals surface area contributed by atoms with Crippen molar-refractivity contribution >= 4 is 29.9 Å². The lowest BCUT2D eigenvalue weighted by molar-refractivity contribution is -0.0939. The lowest BCUT2D eigenvalue weighted by Gasteiger charge is -2.44. The number of halogens is 1. The van der Waals surface area contributed by atoms with E-state index in [2.05, 4.69) is 50.2 Å². The zero-order chi connectivity index (χ0) is 20.4. The van der Waals surface area contributed by atoms with Crippen LogP contribution in [0.15, 0.2) is 4.99 Å². The van der Waals surface area contributed by atoms with Crippen molar-refractivity contribution in [1.29, 1.82) is 0 Å². The first kappa shape index (κ1) is 26.9. The molecule has 3 atom stereocenters. The summed E-state index contributed by atoms with van der Waals surface area (Å²) in [5.41, 5.74) is -0.000948. The Morgan fingerprint density at radius 2 is 1.93 bits per heavy atom. The van der Waals surface area contributed by atoms with Gasteiger partial charge in [-0.1, -0.05) is 0 Å². The molecular weight excluding hydrogens is 483 g/mol. The van der Waals surface area contributed by atoms with E-state index in [1.165, 1.54) is 0 Å². The molecule has 0 saturated carbocycles. The summed E-state index contributed by atoms with van der Waals surface area (Å²) in [6.45, 7) is 17.7. The summed E-state index contributed by atoms with van der Waals surface area (Å²) in [5.74, 6) is 0.879. The van der Waals surface area contributed by atoms with E-state index in [-0.39, 0.29) is 41.7 Å². The number of rotatable bonds is 10. The quantitative estimate of drug-likeness (QED) is 0.198. The van der Waals surface area contributed by atoms with Gasteiger partial charge in [0, 0.05) is 44.9 Å². The molecule has 2 aliphatic heterocycles. The van der Waals surface area contributed by atoms with Gasteiger partial charge in [-0.05, 0) is 53.9 Å². The molecule has 2 aliphatic rings. The normalized spacial score (nSPS) is 26.2. The van der Waals surface area contributed by atoms with E-state index in [0.717, 1.165) is 77.8 Å². The summed E-state index contributed by atoms with van der Waals surface area (Å²) in [4.78, 5) is 7.34. The Kier molecular flexibility index (Phi) is 13.0. The van der Waals surface area contributed by atoms with E-state index in [9.17, 15) is 0 Å². The van der Waals surface area contributed by atoms with E-state index in [0.29, 0.717) is 6.10 Å². The molecule has 0 amide bonds. The van der Waals surface area contributed by atoms with Gasteiger partial charge in [0.05, 0.1) is 31.5 Å². The summed E-state index contributed by atoms with van der Waals surface area (Å²) in [7, 11) is 0. The molecule has 0 spiro atoms. The van der Waals surface area contributed by atoms with Gasteiger partial charge in [-0.15, -0.1) is 24.0 Å². The molecule has 7 nitrogen and oxygen atoms in total. The zero-order valence-electron chi connectivity index (χ0n) is 19.0. The van der Waals surface area contributed by atoms with Crippen LogP contribution in [0.4, 0.5) is 0 Å². The Balaban J connectivity index is 0.00000420. The van der Waals surface area contributed by atoms with Crippen LogP contribution >= 0.6 is 24.0 Å². The van der Waals surface area contributed by atoms with Crippen LogP contribution in [-0.2, 0) is 14.2 Å². The third kappa shape index (κ3) is 10.1. The van der Waals surface area contributed by atoms with Gasteiger partial charge in [-0.2, -0.15) is 0 Å². The Morgan fingerprint density at radius 3 is 2.55 bits per heavy atom. The number of hydrogen-bond donors (Lipinski definition) is 2. The van der Waals surface area contributed by atoms with Gasteiger partial charge >= 0.3 is 0 Å². The van der Waals surface area contributed by atoms with E-state index in [4.69, 9.17) is 19.2 Å². The summed E-state index contributed by atoms with van der Waals surface area (Å²) in [6.07, 6.45) is 4.10. The number of morpholine rings is 1. The molecule has 2 N–H and O–H groups in total. The fraction of sp³-hybridized carbons (Fsp3) is 0.952. The molecule has 2 saturated heterocycles. The molecule has 2 fully saturated rings. The van der Waals surface area contributed by atoms with Crippen molar-refractivity contribution in [2.75, 3.05) is 52.5 Å². The summed E-state index contributed by atoms with van der Waals surface area (Å²) in [6, 6.07) is 0. The maximum Gasteiger partial charge on any atom is 0.191 e. The summed E-state index contributed by atoms with van der Waals surface area (Å²) in [5, 5.41) is 6.77. The number of hydrogen-bond acceptors (Lipinski definition) is 5. The van der Waals surface area contributed by atoms with Crippen LogP contribution in [-0.4, -0.2) is 87.3 Å². The molecule has 3 unspecified atom stereocenters. The highest BCUT2D eigenvalue weighted by Crippen LogP contribution is 2.21. The second-order valence-electron chi connectivity index (χ2n) is 8.66. The van der Waals surface area contributed by atoms with Crippen LogP contribution in [0.5, 0.6) is 0 Å². The van der Waals surface area contributed by atoms with Crippen LogP contribution in [0, 0.1) is 0 Å². The standard InChI is InChI=1S/C21H42N4O3.HI/c1-6-22-20(23-10-8-11-26-15-19-9-7-12-27-19)24-16-21(4,5)25-13-17(2)28-18(3)14-25;/h17-19H,6-16H2,1-5H3,(H2,22,23,24);1H. The average molecular weight is 527 g/mol. The molecule has 8 heteroatoms. The molecule has 0 aromatic carbocycles. The second kappa shape index (κ2) is 14.0. The predicted octanol–water partition coefficient (Wildman–Crippen LogP) is 2.63. The minimum atomic E-state index is -0.000948. The van der Waals surface area contributed by atoms with Gasteiger partial charge in [0.1, 0.15) is 0 Å². The molecular formula is C21H43IN4O3. The first-order valence-corrected chi connectivity index (χ1v) is 11.0. The van der Waals surface area contributed by atoms with Gasteiger partial charge in [0.2, 0.25) is 0 Å². The lowest BCUT2D eigenvalue weighted by atomic mass is 10.0. The summed E-state index contributed by atoms with van der Waals surface area (Å²) >= 11 is 0. The molecule has 172 valence electrons. The molecule has 2 rings (SSSR count). The highest BCUT2D eigenvalue weighted by Gasteiger charge is 2.33. The van der Waals surface area contributed by atoms with Gasteiger partial charge in [0.25, 0.3) is 0 Å². The zero-order valence-corrected chi connectivity index (χ0v) is 21.4. The minimum absolute atomic E-state index is 0. The van der Waals surface area contributed by atoms with Crippen LogP contribution in [0.25, 0.3) is 0 Å². The largest absolute Gasteiger partial charge is 0.379 e. The molecule has 0 aromatic heterocycles. The Bertz CT molecular complexity index is 463. The molecule has 2 heterocycles. The summed E-state index contributed by atoms with van der Waals surface area (Å²) < 4.78 is 17.2. The highest BCUT2D eigenvalue weighted by molar-refractivity contribution is 14.0. The maximum atomic E-state index is 5.87. The minimum Gasteiger partial charge on any atom is -0.379 e. The van der Waals surface area contributed by atoms with E-state index in [1.807, 2.05) is 0 Å². The van der Waals surface area contributed by atoms with E-state index >= 15 is 0 Å². The topological polar surface area (TPSA) is 67.4 Å². The van der Waals surface area contributed by atoms with Crippen molar-refractivity contribution in [3.8, 4) is 0 Å². The Morgan fingerprint density at radius 1 is 1.21 bits per heavy atom. The van der Waals surface area contributed by atoms with Crippen molar-refractivity contribution in [2.45, 2.75) is 77.7 Å². The van der Waals surface area contributed by atoms with Gasteiger partial charge < -0.3 is 24.8 Å². The fourth-order valence-corrected chi connectivity index (χ4v) is 3.76. The SMILES string of the molecule is CCNC(=NCC(C)(C)N1CC(C)OC(C)C1)NCCCOCC1CCCO1.I. The predicted molar refractivity (Wildman–Crippen MR) is 129 cm³/mol. The van der Waals surface area contributed by atoms with Gasteiger partial charge in [0.15, 0.2) is 5.96 Å². The molecule has 0 bridgehead atoms. The monoisotopic (exact) mass is 526 g/mol. The molecule has 29 heavy (non-hydrogen) atoms. The van der Waals surface area contributed by atoms with Crippen LogP contribution in [0.1, 0.15) is 53.9 Å². The molecule has 0 aromatic rings. The van der Waals surface area contributed by atoms with E-state index < -0.39 is 0 Å². The third-order valence-electron chi connectivity index (χ3n) is 5.33. The van der Waals surface area contributed by atoms with Gasteiger partial charge in [-0.3, -0.25) is 9.89 Å². The third-order valence-corrected chi connectivity index (χ3v) is 5.33. The number of guanidine groups is 1. The van der Waals surface area contributed by atoms with Crippen molar-refractivity contribution < 1.29 is 14.2 Å². The van der Waals surface area contributed by atoms with Crippen molar-refractivity contribution in [2.24, 2.45) is 4.99 Å². The first-order chi connectivity index (χ1) is 13.4. The maximum absolute atomic E-state index is 5.87. The van der Waals surface area contributed by atoms with Crippen molar-refractivity contribution in [3.05, 3.63) is 0 Å². The lowest BCUT2D eigenvalue weighted by Crippen LogP contribution is -2.56. The number of nitrogens with zero attached hydrogens (tertiary/aromatic N) is 2. The smallest absolute Gasteiger partial charge is 0.191 e. The highest BCUT2D eigenvalue weighted by atomic mass is 127. The Hall–Kier alpha value is -0.160. The van der Waals surface area contributed by atoms with Crippen LogP contribution in [0.3, 0.4) is 0 Å². The molecule has 0 radical (unpaired) electrons. The number of aliphatic imine (C=N–C) groups is 1. The van der Waals surface area contributed by atoms with Crippen LogP contribution < -0.4 is 10.6 Å². The van der Waals surface area contributed by atoms with Crippen molar-refractivity contribution in [3.63, 3.8) is 0 Å². The van der Waals surface area contributed by atoms with Crippen molar-refractivity contribution in [1.82, 2.24) is 15.5 Å². The second-order valence-corrected chi connectivity index (χ2v) is 8.66. The fourth-order valence-electron chi connectivity index (χ4n) is 3.76. The van der Waals surface area contributed by atoms with Crippen LogP contribution in [0.2, 0.25) is 0 Å². The average Bonchev–Trinajstić information content (AvgIpc) is 3.15. The first-order valence-electron chi connectivity index (χ1n) is 11.0. The number of ether oxygens (including phenoxy) is 3. The Labute approximate surface area is 194 Å². The molecule has 0 aliphatic carbocycles. The van der Waals surface area contributed by atoms with Gasteiger partial charge in [-0.25, -0.2) is 0 Å². The number of nitrogens with one attached hydrogen (secondary N) is 2. The van der Waals surface area contributed by atoms with E-state index in [1.54, 1.807) is 0 Å².